The molecule has 1 atom stereocenters. The number of rotatable bonds is 12. The van der Waals surface area contributed by atoms with Crippen molar-refractivity contribution in [3.8, 4) is 0 Å². The van der Waals surface area contributed by atoms with E-state index in [-0.39, 0.29) is 0 Å². The Morgan fingerprint density at radius 2 is 1.18 bits per heavy atom. The first kappa shape index (κ1) is 17.0. The summed E-state index contributed by atoms with van der Waals surface area (Å²) in [6, 6.07) is 0.782. The Balaban J connectivity index is 3.27. The van der Waals surface area contributed by atoms with E-state index in [1.54, 1.807) is 0 Å². The summed E-state index contributed by atoms with van der Waals surface area (Å²) < 4.78 is 0. The fraction of sp³-hybridized carbons (Fsp3) is 1.00. The van der Waals surface area contributed by atoms with Gasteiger partial charge in [-0.25, -0.2) is 0 Å². The summed E-state index contributed by atoms with van der Waals surface area (Å²) in [5.74, 6) is 0. The van der Waals surface area contributed by atoms with E-state index in [2.05, 4.69) is 32.6 Å². The smallest absolute Gasteiger partial charge is 0.00666 e. The van der Waals surface area contributed by atoms with E-state index in [4.69, 9.17) is 0 Å². The molecule has 0 aliphatic carbocycles. The molecule has 0 aromatic heterocycles. The van der Waals surface area contributed by atoms with Crippen molar-refractivity contribution in [3.63, 3.8) is 0 Å². The van der Waals surface area contributed by atoms with Gasteiger partial charge in [0.25, 0.3) is 0 Å². The predicted molar refractivity (Wildman–Crippen MR) is 79.6 cm³/mol. The summed E-state index contributed by atoms with van der Waals surface area (Å²) in [6.07, 6.45) is 12.9. The number of unbranched alkanes of at least 4 members (excludes halogenated alkanes) is 7. The molecule has 0 aromatic carbocycles. The largest absolute Gasteiger partial charge is 0.301 e. The van der Waals surface area contributed by atoms with E-state index in [9.17, 15) is 0 Å². The molecule has 1 unspecified atom stereocenters. The molecule has 0 fully saturated rings. The Morgan fingerprint density at radius 1 is 0.706 bits per heavy atom. The summed E-state index contributed by atoms with van der Waals surface area (Å²) in [5.41, 5.74) is 0. The lowest BCUT2D eigenvalue weighted by Gasteiger charge is -2.26. The molecule has 1 nitrogen and oxygen atoms in total. The minimum Gasteiger partial charge on any atom is -0.301 e. The molecular weight excluding hydrogens is 206 g/mol. The number of hydrogen-bond donors (Lipinski definition) is 0. The van der Waals surface area contributed by atoms with Crippen LogP contribution in [0.15, 0.2) is 0 Å². The summed E-state index contributed by atoms with van der Waals surface area (Å²) in [5, 5.41) is 0. The zero-order valence-corrected chi connectivity index (χ0v) is 12.8. The van der Waals surface area contributed by atoms with Gasteiger partial charge in [-0.2, -0.15) is 0 Å². The van der Waals surface area contributed by atoms with Crippen LogP contribution in [0.2, 0.25) is 0 Å². The van der Waals surface area contributed by atoms with Gasteiger partial charge >= 0.3 is 0 Å². The highest BCUT2D eigenvalue weighted by atomic mass is 15.1. The molecular formula is C16H35N. The average Bonchev–Trinajstić information content (AvgIpc) is 2.34. The van der Waals surface area contributed by atoms with Crippen molar-refractivity contribution in [1.82, 2.24) is 4.90 Å². The molecule has 0 saturated carbocycles. The molecule has 0 N–H and O–H groups in total. The van der Waals surface area contributed by atoms with E-state index < -0.39 is 0 Å². The molecule has 104 valence electrons. The molecule has 0 spiro atoms. The van der Waals surface area contributed by atoms with Crippen molar-refractivity contribution in [1.29, 1.82) is 0 Å². The normalized spacial score (nSPS) is 13.2. The molecule has 0 aliphatic heterocycles. The SMILES string of the molecule is CCCCCCCCCCC(C)N(CC)CC. The van der Waals surface area contributed by atoms with Gasteiger partial charge < -0.3 is 4.90 Å². The Morgan fingerprint density at radius 3 is 1.65 bits per heavy atom. The third-order valence-corrected chi connectivity index (χ3v) is 3.91. The van der Waals surface area contributed by atoms with Gasteiger partial charge in [-0.15, -0.1) is 0 Å². The van der Waals surface area contributed by atoms with Crippen LogP contribution in [0.5, 0.6) is 0 Å². The Hall–Kier alpha value is -0.0400. The van der Waals surface area contributed by atoms with Crippen molar-refractivity contribution < 1.29 is 0 Å². The molecule has 0 bridgehead atoms. The summed E-state index contributed by atoms with van der Waals surface area (Å²) in [4.78, 5) is 2.57. The first-order chi connectivity index (χ1) is 8.26. The van der Waals surface area contributed by atoms with Gasteiger partial charge in [-0.3, -0.25) is 0 Å². The molecule has 0 heterocycles. The second-order valence-electron chi connectivity index (χ2n) is 5.33. The topological polar surface area (TPSA) is 3.24 Å². The lowest BCUT2D eigenvalue weighted by Crippen LogP contribution is -2.32. The zero-order chi connectivity index (χ0) is 12.9. The minimum atomic E-state index is 0.782. The Kier molecular flexibility index (Phi) is 12.4. The number of nitrogens with zero attached hydrogens (tertiary/aromatic N) is 1. The minimum absolute atomic E-state index is 0.782. The monoisotopic (exact) mass is 241 g/mol. The molecule has 1 heteroatoms. The van der Waals surface area contributed by atoms with E-state index in [0.717, 1.165) is 6.04 Å². The lowest BCUT2D eigenvalue weighted by molar-refractivity contribution is 0.217. The van der Waals surface area contributed by atoms with Gasteiger partial charge in [-0.05, 0) is 26.4 Å². The van der Waals surface area contributed by atoms with Crippen molar-refractivity contribution in [2.24, 2.45) is 0 Å². The van der Waals surface area contributed by atoms with Crippen LogP contribution < -0.4 is 0 Å². The Labute approximate surface area is 110 Å². The van der Waals surface area contributed by atoms with Crippen LogP contribution in [0.1, 0.15) is 85.5 Å². The first-order valence-electron chi connectivity index (χ1n) is 8.00. The third kappa shape index (κ3) is 9.64. The second-order valence-corrected chi connectivity index (χ2v) is 5.33. The van der Waals surface area contributed by atoms with Crippen LogP contribution in [-0.2, 0) is 0 Å². The van der Waals surface area contributed by atoms with Crippen molar-refractivity contribution >= 4 is 0 Å². The maximum atomic E-state index is 2.57. The van der Waals surface area contributed by atoms with Gasteiger partial charge in [-0.1, -0.05) is 72.1 Å². The van der Waals surface area contributed by atoms with Crippen LogP contribution in [0.4, 0.5) is 0 Å². The van der Waals surface area contributed by atoms with Crippen molar-refractivity contribution in [3.05, 3.63) is 0 Å². The van der Waals surface area contributed by atoms with Crippen LogP contribution in [0.3, 0.4) is 0 Å². The van der Waals surface area contributed by atoms with Gasteiger partial charge in [0.2, 0.25) is 0 Å². The van der Waals surface area contributed by atoms with Crippen LogP contribution >= 0.6 is 0 Å². The highest BCUT2D eigenvalue weighted by Crippen LogP contribution is 2.12. The highest BCUT2D eigenvalue weighted by molar-refractivity contribution is 4.64. The van der Waals surface area contributed by atoms with E-state index in [1.165, 1.54) is 70.9 Å². The van der Waals surface area contributed by atoms with E-state index >= 15 is 0 Å². The molecule has 0 amide bonds. The molecule has 0 aromatic rings. The maximum Gasteiger partial charge on any atom is 0.00666 e. The van der Waals surface area contributed by atoms with E-state index in [1.807, 2.05) is 0 Å². The molecule has 0 rings (SSSR count). The Bertz CT molecular complexity index is 140. The van der Waals surface area contributed by atoms with Gasteiger partial charge in [0.05, 0.1) is 0 Å². The third-order valence-electron chi connectivity index (χ3n) is 3.91. The molecule has 0 aliphatic rings. The second kappa shape index (κ2) is 12.4. The summed E-state index contributed by atoms with van der Waals surface area (Å²) in [7, 11) is 0. The summed E-state index contributed by atoms with van der Waals surface area (Å²) in [6.45, 7) is 11.6. The van der Waals surface area contributed by atoms with Crippen LogP contribution in [-0.4, -0.2) is 24.0 Å². The van der Waals surface area contributed by atoms with Crippen molar-refractivity contribution in [2.45, 2.75) is 91.5 Å². The average molecular weight is 241 g/mol. The first-order valence-corrected chi connectivity index (χ1v) is 8.00. The van der Waals surface area contributed by atoms with Gasteiger partial charge in [0, 0.05) is 6.04 Å². The van der Waals surface area contributed by atoms with Crippen LogP contribution in [0, 0.1) is 0 Å². The fourth-order valence-corrected chi connectivity index (χ4v) is 2.60. The van der Waals surface area contributed by atoms with Gasteiger partial charge in [0.15, 0.2) is 0 Å². The summed E-state index contributed by atoms with van der Waals surface area (Å²) >= 11 is 0. The lowest BCUT2D eigenvalue weighted by atomic mass is 10.0. The zero-order valence-electron chi connectivity index (χ0n) is 12.8. The fourth-order valence-electron chi connectivity index (χ4n) is 2.60. The maximum absolute atomic E-state index is 2.57. The van der Waals surface area contributed by atoms with E-state index in [0.29, 0.717) is 0 Å². The van der Waals surface area contributed by atoms with Crippen molar-refractivity contribution in [2.75, 3.05) is 13.1 Å². The highest BCUT2D eigenvalue weighted by Gasteiger charge is 2.08. The predicted octanol–water partition coefficient (Wildman–Crippen LogP) is 5.25. The molecule has 0 saturated heterocycles. The number of hydrogen-bond acceptors (Lipinski definition) is 1. The molecule has 17 heavy (non-hydrogen) atoms. The molecule has 0 radical (unpaired) electrons. The van der Waals surface area contributed by atoms with Gasteiger partial charge in [0.1, 0.15) is 0 Å². The van der Waals surface area contributed by atoms with Crippen LogP contribution in [0.25, 0.3) is 0 Å². The quantitative estimate of drug-likeness (QED) is 0.422. The standard InChI is InChI=1S/C16H35N/c1-5-8-9-10-11-12-13-14-15-16(4)17(6-2)7-3/h16H,5-15H2,1-4H3.